The van der Waals surface area contributed by atoms with E-state index in [2.05, 4.69) is 9.36 Å². The Morgan fingerprint density at radius 1 is 1.21 bits per heavy atom. The zero-order chi connectivity index (χ0) is 28.2. The molecular formula is C26H31FN4O6S. The summed E-state index contributed by atoms with van der Waals surface area (Å²) in [6.45, 7) is 7.16. The molecule has 2 N–H and O–H groups in total. The second-order valence-electron chi connectivity index (χ2n) is 9.42. The van der Waals surface area contributed by atoms with Crippen molar-refractivity contribution < 1.29 is 32.9 Å². The van der Waals surface area contributed by atoms with Gasteiger partial charge in [0.15, 0.2) is 11.6 Å². The number of nitrogens with two attached hydrogens (primary N) is 1. The molecule has 3 aromatic rings. The lowest BCUT2D eigenvalue weighted by atomic mass is 10.0. The number of ether oxygens (including phenoxy) is 4. The summed E-state index contributed by atoms with van der Waals surface area (Å²) < 4.78 is 40.3. The maximum absolute atomic E-state index is 14.0. The molecule has 0 saturated carbocycles. The van der Waals surface area contributed by atoms with E-state index in [1.165, 1.54) is 43.5 Å². The standard InChI is InChI=1S/C26H31FN4O6S/c1-14(18-11-16(27)8-9-17(18)23(32)34-6)36-20-10-15(12-29-22(20)28)21-19(30-38-24(21)35-7)13-31(5)25(33)37-26(2,3)4/h8-12,14H,13H2,1-7H3,(H2,28,29). The van der Waals surface area contributed by atoms with Crippen molar-refractivity contribution >= 4 is 29.4 Å². The molecule has 2 aromatic heterocycles. The van der Waals surface area contributed by atoms with Crippen LogP contribution in [0.5, 0.6) is 10.8 Å². The van der Waals surface area contributed by atoms with Crippen molar-refractivity contribution in [3.8, 4) is 21.9 Å². The van der Waals surface area contributed by atoms with Crippen molar-refractivity contribution in [1.82, 2.24) is 14.3 Å². The van der Waals surface area contributed by atoms with E-state index >= 15 is 0 Å². The number of nitrogen functional groups attached to an aromatic ring is 1. The highest BCUT2D eigenvalue weighted by atomic mass is 32.1. The second-order valence-corrected chi connectivity index (χ2v) is 10.2. The number of benzene rings is 1. The number of hydrogen-bond acceptors (Lipinski definition) is 10. The molecule has 1 aromatic carbocycles. The van der Waals surface area contributed by atoms with Gasteiger partial charge in [0.05, 0.1) is 37.6 Å². The maximum Gasteiger partial charge on any atom is 0.410 e. The zero-order valence-electron chi connectivity index (χ0n) is 22.3. The van der Waals surface area contributed by atoms with Crippen LogP contribution in [0, 0.1) is 5.82 Å². The summed E-state index contributed by atoms with van der Waals surface area (Å²) in [6, 6.07) is 5.37. The fraction of sp³-hybridized carbons (Fsp3) is 0.385. The lowest BCUT2D eigenvalue weighted by Crippen LogP contribution is -2.34. The number of aromatic nitrogens is 2. The van der Waals surface area contributed by atoms with Crippen LogP contribution in [-0.4, -0.2) is 53.2 Å². The average Bonchev–Trinajstić information content (AvgIpc) is 3.26. The monoisotopic (exact) mass is 546 g/mol. The predicted octanol–water partition coefficient (Wildman–Crippen LogP) is 5.23. The van der Waals surface area contributed by atoms with Gasteiger partial charge in [-0.05, 0) is 52.0 Å². The van der Waals surface area contributed by atoms with Crippen LogP contribution in [-0.2, 0) is 16.0 Å². The molecular weight excluding hydrogens is 515 g/mol. The van der Waals surface area contributed by atoms with E-state index in [0.717, 1.165) is 11.5 Å². The quantitative estimate of drug-likeness (QED) is 0.378. The molecule has 0 aliphatic rings. The minimum absolute atomic E-state index is 0.0891. The Morgan fingerprint density at radius 3 is 2.55 bits per heavy atom. The van der Waals surface area contributed by atoms with Crippen LogP contribution in [0.25, 0.3) is 11.1 Å². The molecule has 3 rings (SSSR count). The summed E-state index contributed by atoms with van der Waals surface area (Å²) in [4.78, 5) is 30.4. The molecule has 204 valence electrons. The Balaban J connectivity index is 1.94. The number of pyridine rings is 1. The molecule has 0 radical (unpaired) electrons. The SMILES string of the molecule is COC(=O)c1ccc(F)cc1C(C)Oc1cc(-c2c(CN(C)C(=O)OC(C)(C)C)nsc2OC)cnc1N. The summed E-state index contributed by atoms with van der Waals surface area (Å²) in [5.41, 5.74) is 7.65. The zero-order valence-corrected chi connectivity index (χ0v) is 23.1. The van der Waals surface area contributed by atoms with Gasteiger partial charge in [-0.15, -0.1) is 0 Å². The molecule has 0 spiro atoms. The number of esters is 1. The van der Waals surface area contributed by atoms with E-state index < -0.39 is 29.6 Å². The van der Waals surface area contributed by atoms with Crippen LogP contribution >= 0.6 is 11.5 Å². The van der Waals surface area contributed by atoms with Gasteiger partial charge in [0.25, 0.3) is 0 Å². The van der Waals surface area contributed by atoms with E-state index in [4.69, 9.17) is 24.7 Å². The smallest absolute Gasteiger partial charge is 0.410 e. The molecule has 0 bridgehead atoms. The second kappa shape index (κ2) is 11.6. The average molecular weight is 547 g/mol. The van der Waals surface area contributed by atoms with Gasteiger partial charge in [-0.25, -0.2) is 19.0 Å². The highest BCUT2D eigenvalue weighted by Gasteiger charge is 2.25. The Kier molecular flexibility index (Phi) is 8.77. The van der Waals surface area contributed by atoms with Crippen LogP contribution in [0.1, 0.15) is 55.4 Å². The van der Waals surface area contributed by atoms with Crippen molar-refractivity contribution in [1.29, 1.82) is 0 Å². The summed E-state index contributed by atoms with van der Waals surface area (Å²) in [5.74, 6) is -0.861. The van der Waals surface area contributed by atoms with Gasteiger partial charge in [0, 0.05) is 35.9 Å². The van der Waals surface area contributed by atoms with Crippen LogP contribution in [0.2, 0.25) is 0 Å². The van der Waals surface area contributed by atoms with Crippen molar-refractivity contribution in [2.45, 2.75) is 45.9 Å². The van der Waals surface area contributed by atoms with E-state index in [-0.39, 0.29) is 29.2 Å². The van der Waals surface area contributed by atoms with Crippen LogP contribution < -0.4 is 15.2 Å². The van der Waals surface area contributed by atoms with E-state index in [9.17, 15) is 14.0 Å². The topological polar surface area (TPSA) is 126 Å². The summed E-state index contributed by atoms with van der Waals surface area (Å²) in [7, 11) is 4.37. The third-order valence-electron chi connectivity index (χ3n) is 5.34. The van der Waals surface area contributed by atoms with Crippen molar-refractivity contribution in [2.24, 2.45) is 0 Å². The van der Waals surface area contributed by atoms with Gasteiger partial charge in [0.2, 0.25) is 5.06 Å². The minimum Gasteiger partial charge on any atom is -0.486 e. The first kappa shape index (κ1) is 28.6. The van der Waals surface area contributed by atoms with Gasteiger partial charge >= 0.3 is 12.1 Å². The van der Waals surface area contributed by atoms with Crippen LogP contribution in [0.15, 0.2) is 30.5 Å². The number of anilines is 1. The lowest BCUT2D eigenvalue weighted by molar-refractivity contribution is 0.0283. The molecule has 1 unspecified atom stereocenters. The Labute approximate surface area is 224 Å². The lowest BCUT2D eigenvalue weighted by Gasteiger charge is -2.24. The van der Waals surface area contributed by atoms with Gasteiger partial charge in [0.1, 0.15) is 17.5 Å². The highest BCUT2D eigenvalue weighted by Crippen LogP contribution is 2.40. The summed E-state index contributed by atoms with van der Waals surface area (Å²) in [5, 5.41) is 0.501. The first-order valence-corrected chi connectivity index (χ1v) is 12.4. The molecule has 1 amide bonds. The Bertz CT molecular complexity index is 1320. The van der Waals surface area contributed by atoms with Crippen LogP contribution in [0.3, 0.4) is 0 Å². The van der Waals surface area contributed by atoms with Crippen molar-refractivity contribution in [3.63, 3.8) is 0 Å². The molecule has 2 heterocycles. The number of carbonyl (C=O) groups is 2. The number of nitrogens with zero attached hydrogens (tertiary/aromatic N) is 3. The van der Waals surface area contributed by atoms with E-state index in [1.54, 1.807) is 40.8 Å². The Hall–Kier alpha value is -3.93. The molecule has 1 atom stereocenters. The number of methoxy groups -OCH3 is 2. The minimum atomic E-state index is -0.778. The molecule has 0 aliphatic heterocycles. The largest absolute Gasteiger partial charge is 0.486 e. The number of rotatable bonds is 8. The molecule has 38 heavy (non-hydrogen) atoms. The first-order valence-electron chi connectivity index (χ1n) is 11.6. The van der Waals surface area contributed by atoms with Crippen molar-refractivity contribution in [3.05, 3.63) is 53.1 Å². The fourth-order valence-corrected chi connectivity index (χ4v) is 4.32. The third kappa shape index (κ3) is 6.68. The molecule has 0 aliphatic carbocycles. The fourth-order valence-electron chi connectivity index (χ4n) is 3.57. The molecule has 0 saturated heterocycles. The maximum atomic E-state index is 14.0. The first-order chi connectivity index (χ1) is 17.8. The van der Waals surface area contributed by atoms with Gasteiger partial charge < -0.3 is 29.6 Å². The number of amides is 1. The third-order valence-corrected chi connectivity index (χ3v) is 6.19. The van der Waals surface area contributed by atoms with E-state index in [0.29, 0.717) is 21.9 Å². The highest BCUT2D eigenvalue weighted by molar-refractivity contribution is 7.08. The molecule has 0 fully saturated rings. The predicted molar refractivity (Wildman–Crippen MR) is 141 cm³/mol. The van der Waals surface area contributed by atoms with Gasteiger partial charge in [-0.1, -0.05) is 0 Å². The normalized spacial score (nSPS) is 12.0. The van der Waals surface area contributed by atoms with Crippen LogP contribution in [0.4, 0.5) is 15.0 Å². The molecule has 10 nitrogen and oxygen atoms in total. The van der Waals surface area contributed by atoms with Crippen molar-refractivity contribution in [2.75, 3.05) is 27.0 Å². The number of carbonyl (C=O) groups excluding carboxylic acids is 2. The van der Waals surface area contributed by atoms with Gasteiger partial charge in [-0.2, -0.15) is 4.37 Å². The summed E-state index contributed by atoms with van der Waals surface area (Å²) in [6.07, 6.45) is 0.262. The number of halogens is 1. The summed E-state index contributed by atoms with van der Waals surface area (Å²) >= 11 is 1.12. The number of hydrogen-bond donors (Lipinski definition) is 1. The molecule has 12 heteroatoms. The Morgan fingerprint density at radius 2 is 1.92 bits per heavy atom. The van der Waals surface area contributed by atoms with E-state index in [1.807, 2.05) is 0 Å². The van der Waals surface area contributed by atoms with Gasteiger partial charge in [-0.3, -0.25) is 0 Å².